The number of alkyl halides is 3. The highest BCUT2D eigenvalue weighted by atomic mass is 19.4. The minimum atomic E-state index is -4.41. The van der Waals surface area contributed by atoms with Crippen LogP contribution < -0.4 is 5.32 Å². The molecule has 0 spiro atoms. The van der Waals surface area contributed by atoms with Crippen LogP contribution in [0, 0.1) is 6.92 Å². The lowest BCUT2D eigenvalue weighted by atomic mass is 9.99. The standard InChI is InChI=1S/C21H21F3N4O/c1-13-27-25-12-28(13)18-10-15(9-16(11-18)19(29)26-20(2,3)4)14-5-7-17(8-6-14)21(22,23)24/h5-12H,1-4H3,(H,26,29). The first-order valence-corrected chi connectivity index (χ1v) is 8.96. The molecule has 0 unspecified atom stereocenters. The molecule has 152 valence electrons. The van der Waals surface area contributed by atoms with E-state index in [1.807, 2.05) is 20.8 Å². The van der Waals surface area contributed by atoms with E-state index in [1.54, 1.807) is 29.7 Å². The second-order valence-corrected chi connectivity index (χ2v) is 7.80. The molecule has 1 aromatic heterocycles. The number of carbonyl (C=O) groups excluding carboxylic acids is 1. The Morgan fingerprint density at radius 1 is 1.00 bits per heavy atom. The number of aromatic nitrogens is 3. The molecule has 0 saturated heterocycles. The fourth-order valence-electron chi connectivity index (χ4n) is 2.86. The van der Waals surface area contributed by atoms with Crippen molar-refractivity contribution in [3.8, 4) is 16.8 Å². The third-order valence-corrected chi connectivity index (χ3v) is 4.21. The van der Waals surface area contributed by atoms with Gasteiger partial charge in [-0.1, -0.05) is 12.1 Å². The molecule has 1 N–H and O–H groups in total. The molecule has 0 aliphatic rings. The van der Waals surface area contributed by atoms with Crippen LogP contribution in [0.15, 0.2) is 48.8 Å². The second kappa shape index (κ2) is 7.35. The number of nitrogens with zero attached hydrogens (tertiary/aromatic N) is 3. The monoisotopic (exact) mass is 402 g/mol. The number of benzene rings is 2. The molecule has 5 nitrogen and oxygen atoms in total. The van der Waals surface area contributed by atoms with Gasteiger partial charge in [0, 0.05) is 16.8 Å². The van der Waals surface area contributed by atoms with Gasteiger partial charge in [0.25, 0.3) is 5.91 Å². The molecule has 3 rings (SSSR count). The molecule has 29 heavy (non-hydrogen) atoms. The first-order chi connectivity index (χ1) is 13.4. The lowest BCUT2D eigenvalue weighted by molar-refractivity contribution is -0.137. The van der Waals surface area contributed by atoms with E-state index >= 15 is 0 Å². The molecule has 1 amide bonds. The summed E-state index contributed by atoms with van der Waals surface area (Å²) in [6, 6.07) is 9.99. The van der Waals surface area contributed by atoms with E-state index in [9.17, 15) is 18.0 Å². The first-order valence-electron chi connectivity index (χ1n) is 8.96. The number of hydrogen-bond acceptors (Lipinski definition) is 3. The zero-order valence-electron chi connectivity index (χ0n) is 16.5. The van der Waals surface area contributed by atoms with Crippen LogP contribution in [0.5, 0.6) is 0 Å². The van der Waals surface area contributed by atoms with Gasteiger partial charge < -0.3 is 5.32 Å². The Morgan fingerprint density at radius 3 is 2.17 bits per heavy atom. The van der Waals surface area contributed by atoms with Crippen LogP contribution in [0.2, 0.25) is 0 Å². The van der Waals surface area contributed by atoms with E-state index in [0.717, 1.165) is 12.1 Å². The van der Waals surface area contributed by atoms with Crippen LogP contribution in [-0.2, 0) is 6.18 Å². The summed E-state index contributed by atoms with van der Waals surface area (Å²) in [6.45, 7) is 7.38. The molecule has 0 atom stereocenters. The number of rotatable bonds is 3. The van der Waals surface area contributed by atoms with Gasteiger partial charge in [0.05, 0.1) is 5.56 Å². The van der Waals surface area contributed by atoms with Crippen LogP contribution in [0.3, 0.4) is 0 Å². The summed E-state index contributed by atoms with van der Waals surface area (Å²) >= 11 is 0. The van der Waals surface area contributed by atoms with Crippen LogP contribution >= 0.6 is 0 Å². The third kappa shape index (κ3) is 4.82. The number of halogens is 3. The third-order valence-electron chi connectivity index (χ3n) is 4.21. The summed E-state index contributed by atoms with van der Waals surface area (Å²) in [5.41, 5.74) is 1.05. The van der Waals surface area contributed by atoms with Gasteiger partial charge in [0.2, 0.25) is 0 Å². The molecule has 0 bridgehead atoms. The Hall–Kier alpha value is -3.16. The average molecular weight is 402 g/mol. The molecular weight excluding hydrogens is 381 g/mol. The number of nitrogens with one attached hydrogen (secondary N) is 1. The number of aryl methyl sites for hydroxylation is 1. The van der Waals surface area contributed by atoms with Crippen LogP contribution in [-0.4, -0.2) is 26.2 Å². The maximum Gasteiger partial charge on any atom is 0.416 e. The van der Waals surface area contributed by atoms with Gasteiger partial charge in [-0.25, -0.2) is 0 Å². The van der Waals surface area contributed by atoms with Crippen molar-refractivity contribution < 1.29 is 18.0 Å². The summed E-state index contributed by atoms with van der Waals surface area (Å²) in [5, 5.41) is 10.7. The molecule has 0 aliphatic heterocycles. The SMILES string of the molecule is Cc1nncn1-c1cc(C(=O)NC(C)(C)C)cc(-c2ccc(C(F)(F)F)cc2)c1. The van der Waals surface area contributed by atoms with Crippen molar-refractivity contribution in [1.82, 2.24) is 20.1 Å². The largest absolute Gasteiger partial charge is 0.416 e. The molecule has 0 aliphatic carbocycles. The molecule has 1 heterocycles. The lowest BCUT2D eigenvalue weighted by Gasteiger charge is -2.21. The second-order valence-electron chi connectivity index (χ2n) is 7.80. The van der Waals surface area contributed by atoms with Crippen LogP contribution in [0.25, 0.3) is 16.8 Å². The molecular formula is C21H21F3N4O. The number of carbonyl (C=O) groups is 1. The highest BCUT2D eigenvalue weighted by molar-refractivity contribution is 5.96. The van der Waals surface area contributed by atoms with Gasteiger partial charge in [-0.2, -0.15) is 13.2 Å². The maximum atomic E-state index is 12.9. The zero-order valence-corrected chi connectivity index (χ0v) is 16.5. The molecule has 0 saturated carbocycles. The van der Waals surface area contributed by atoms with Crippen molar-refractivity contribution in [1.29, 1.82) is 0 Å². The first kappa shape index (κ1) is 20.6. The van der Waals surface area contributed by atoms with Crippen molar-refractivity contribution in [2.75, 3.05) is 0 Å². The van der Waals surface area contributed by atoms with E-state index in [2.05, 4.69) is 15.5 Å². The quantitative estimate of drug-likeness (QED) is 0.685. The smallest absolute Gasteiger partial charge is 0.347 e. The average Bonchev–Trinajstić information content (AvgIpc) is 3.05. The lowest BCUT2D eigenvalue weighted by Crippen LogP contribution is -2.40. The fourth-order valence-corrected chi connectivity index (χ4v) is 2.86. The van der Waals surface area contributed by atoms with Crippen molar-refractivity contribution in [2.24, 2.45) is 0 Å². The van der Waals surface area contributed by atoms with E-state index in [0.29, 0.717) is 28.2 Å². The van der Waals surface area contributed by atoms with Gasteiger partial charge in [0.1, 0.15) is 12.2 Å². The predicted molar refractivity (Wildman–Crippen MR) is 104 cm³/mol. The van der Waals surface area contributed by atoms with Crippen molar-refractivity contribution >= 4 is 5.91 Å². The molecule has 0 fully saturated rings. The molecule has 0 radical (unpaired) electrons. The van der Waals surface area contributed by atoms with Crippen molar-refractivity contribution in [2.45, 2.75) is 39.4 Å². The number of amides is 1. The van der Waals surface area contributed by atoms with Crippen LogP contribution in [0.1, 0.15) is 42.5 Å². The summed E-state index contributed by atoms with van der Waals surface area (Å²) < 4.78 is 40.3. The van der Waals surface area contributed by atoms with Gasteiger partial charge in [-0.05, 0) is 69.2 Å². The Bertz CT molecular complexity index is 1030. The highest BCUT2D eigenvalue weighted by Gasteiger charge is 2.30. The number of hydrogen-bond donors (Lipinski definition) is 1. The molecule has 3 aromatic rings. The predicted octanol–water partition coefficient (Wildman–Crippen LogP) is 4.79. The van der Waals surface area contributed by atoms with Gasteiger partial charge in [-0.15, -0.1) is 10.2 Å². The maximum absolute atomic E-state index is 12.9. The molecule has 2 aromatic carbocycles. The van der Waals surface area contributed by atoms with Gasteiger partial charge >= 0.3 is 6.18 Å². The Balaban J connectivity index is 2.10. The van der Waals surface area contributed by atoms with E-state index < -0.39 is 17.3 Å². The van der Waals surface area contributed by atoms with Gasteiger partial charge in [-0.3, -0.25) is 9.36 Å². The van der Waals surface area contributed by atoms with E-state index in [1.165, 1.54) is 18.5 Å². The fraction of sp³-hybridized carbons (Fsp3) is 0.286. The highest BCUT2D eigenvalue weighted by Crippen LogP contribution is 2.32. The topological polar surface area (TPSA) is 59.8 Å². The minimum absolute atomic E-state index is 0.279. The Morgan fingerprint density at radius 2 is 1.66 bits per heavy atom. The van der Waals surface area contributed by atoms with Crippen LogP contribution in [0.4, 0.5) is 13.2 Å². The summed E-state index contributed by atoms with van der Waals surface area (Å²) in [5.74, 6) is 0.343. The summed E-state index contributed by atoms with van der Waals surface area (Å²) in [4.78, 5) is 12.7. The Kier molecular flexibility index (Phi) is 5.21. The summed E-state index contributed by atoms with van der Waals surface area (Å²) in [7, 11) is 0. The minimum Gasteiger partial charge on any atom is -0.347 e. The van der Waals surface area contributed by atoms with E-state index in [4.69, 9.17) is 0 Å². The van der Waals surface area contributed by atoms with Crippen molar-refractivity contribution in [3.05, 3.63) is 65.7 Å². The molecule has 8 heteroatoms. The van der Waals surface area contributed by atoms with Gasteiger partial charge in [0.15, 0.2) is 0 Å². The van der Waals surface area contributed by atoms with Crippen molar-refractivity contribution in [3.63, 3.8) is 0 Å². The zero-order chi connectivity index (χ0) is 21.4. The normalized spacial score (nSPS) is 12.1. The Labute approximate surface area is 166 Å². The summed E-state index contributed by atoms with van der Waals surface area (Å²) in [6.07, 6.45) is -2.88. The van der Waals surface area contributed by atoms with E-state index in [-0.39, 0.29) is 5.91 Å².